The quantitative estimate of drug-likeness (QED) is 0.648. The van der Waals surface area contributed by atoms with Gasteiger partial charge in [-0.05, 0) is 43.3 Å². The van der Waals surface area contributed by atoms with Crippen molar-refractivity contribution in [2.24, 2.45) is 0 Å². The van der Waals surface area contributed by atoms with Crippen molar-refractivity contribution in [2.75, 3.05) is 55.8 Å². The van der Waals surface area contributed by atoms with E-state index in [4.69, 9.17) is 9.47 Å². The van der Waals surface area contributed by atoms with E-state index >= 15 is 0 Å². The van der Waals surface area contributed by atoms with Gasteiger partial charge in [0.25, 0.3) is 5.91 Å². The Hall–Kier alpha value is -2.94. The minimum atomic E-state index is -3.33. The highest BCUT2D eigenvalue weighted by Crippen LogP contribution is 2.28. The zero-order chi connectivity index (χ0) is 22.6. The van der Waals surface area contributed by atoms with E-state index in [1.165, 1.54) is 11.4 Å². The standard InChI is InChI=1S/C22H29N3O5S/c1-17(30-19-11-9-18(10-12-19)23(2)31(4,27)28)22(26)25-15-13-24(14-16-25)20-7-5-6-8-21(20)29-3/h5-12,17H,13-16H2,1-4H3/t17-/m0/s1. The first-order valence-electron chi connectivity index (χ1n) is 10.1. The first-order chi connectivity index (χ1) is 14.7. The normalized spacial score (nSPS) is 15.4. The van der Waals surface area contributed by atoms with E-state index in [9.17, 15) is 13.2 Å². The van der Waals surface area contributed by atoms with Crippen LogP contribution in [0.3, 0.4) is 0 Å². The van der Waals surface area contributed by atoms with Gasteiger partial charge in [-0.3, -0.25) is 9.10 Å². The van der Waals surface area contributed by atoms with Gasteiger partial charge in [-0.1, -0.05) is 12.1 Å². The van der Waals surface area contributed by atoms with Crippen molar-refractivity contribution >= 4 is 27.3 Å². The Kier molecular flexibility index (Phi) is 6.94. The molecule has 2 aromatic carbocycles. The van der Waals surface area contributed by atoms with Crippen LogP contribution in [0, 0.1) is 0 Å². The second-order valence-electron chi connectivity index (χ2n) is 7.47. The van der Waals surface area contributed by atoms with Crippen molar-refractivity contribution in [3.63, 3.8) is 0 Å². The van der Waals surface area contributed by atoms with Gasteiger partial charge in [0.05, 0.1) is 24.7 Å². The number of sulfonamides is 1. The number of ether oxygens (including phenoxy) is 2. The molecule has 1 aliphatic rings. The smallest absolute Gasteiger partial charge is 0.263 e. The number of para-hydroxylation sites is 2. The van der Waals surface area contributed by atoms with Crippen molar-refractivity contribution < 1.29 is 22.7 Å². The summed E-state index contributed by atoms with van der Waals surface area (Å²) in [5, 5.41) is 0. The summed E-state index contributed by atoms with van der Waals surface area (Å²) in [7, 11) is -0.185. The van der Waals surface area contributed by atoms with Gasteiger partial charge >= 0.3 is 0 Å². The molecule has 1 heterocycles. The summed E-state index contributed by atoms with van der Waals surface area (Å²) in [4.78, 5) is 16.9. The summed E-state index contributed by atoms with van der Waals surface area (Å²) in [6, 6.07) is 14.5. The number of benzene rings is 2. The summed E-state index contributed by atoms with van der Waals surface area (Å²) in [5.41, 5.74) is 1.56. The maximum absolute atomic E-state index is 12.8. The van der Waals surface area contributed by atoms with Crippen LogP contribution in [-0.4, -0.2) is 71.9 Å². The van der Waals surface area contributed by atoms with Crippen LogP contribution in [0.25, 0.3) is 0 Å². The Bertz CT molecular complexity index is 1000. The van der Waals surface area contributed by atoms with Crippen molar-refractivity contribution in [2.45, 2.75) is 13.0 Å². The minimum Gasteiger partial charge on any atom is -0.495 e. The second-order valence-corrected chi connectivity index (χ2v) is 9.48. The van der Waals surface area contributed by atoms with Gasteiger partial charge in [-0.25, -0.2) is 8.42 Å². The van der Waals surface area contributed by atoms with Crippen LogP contribution in [0.5, 0.6) is 11.5 Å². The summed E-state index contributed by atoms with van der Waals surface area (Å²) < 4.78 is 35.7. The van der Waals surface area contributed by atoms with E-state index in [1.807, 2.05) is 29.2 Å². The molecule has 0 unspecified atom stereocenters. The van der Waals surface area contributed by atoms with Crippen LogP contribution in [0.2, 0.25) is 0 Å². The SMILES string of the molecule is COc1ccccc1N1CCN(C(=O)[C@H](C)Oc2ccc(N(C)S(C)(=O)=O)cc2)CC1. The van der Waals surface area contributed by atoms with Gasteiger partial charge in [0.15, 0.2) is 6.10 Å². The van der Waals surface area contributed by atoms with Crippen molar-refractivity contribution in [3.05, 3.63) is 48.5 Å². The molecule has 0 spiro atoms. The molecule has 1 saturated heterocycles. The first kappa shape index (κ1) is 22.7. The highest BCUT2D eigenvalue weighted by atomic mass is 32.2. The molecular formula is C22H29N3O5S. The van der Waals surface area contributed by atoms with Gasteiger partial charge in [0, 0.05) is 33.2 Å². The Morgan fingerprint density at radius 2 is 1.65 bits per heavy atom. The monoisotopic (exact) mass is 447 g/mol. The number of piperazine rings is 1. The van der Waals surface area contributed by atoms with E-state index in [2.05, 4.69) is 4.90 Å². The third kappa shape index (κ3) is 5.41. The van der Waals surface area contributed by atoms with Gasteiger partial charge in [0.2, 0.25) is 10.0 Å². The van der Waals surface area contributed by atoms with E-state index in [-0.39, 0.29) is 5.91 Å². The molecule has 1 amide bonds. The number of hydrogen-bond donors (Lipinski definition) is 0. The van der Waals surface area contributed by atoms with Crippen molar-refractivity contribution in [1.82, 2.24) is 4.90 Å². The largest absolute Gasteiger partial charge is 0.495 e. The highest BCUT2D eigenvalue weighted by molar-refractivity contribution is 7.92. The molecule has 1 aliphatic heterocycles. The van der Waals surface area contributed by atoms with Crippen LogP contribution in [-0.2, 0) is 14.8 Å². The van der Waals surface area contributed by atoms with Crippen LogP contribution in [0.1, 0.15) is 6.92 Å². The predicted molar refractivity (Wildman–Crippen MR) is 122 cm³/mol. The van der Waals surface area contributed by atoms with E-state index < -0.39 is 16.1 Å². The van der Waals surface area contributed by atoms with E-state index in [1.54, 1.807) is 38.3 Å². The number of hydrogen-bond acceptors (Lipinski definition) is 6. The van der Waals surface area contributed by atoms with Crippen LogP contribution in [0.4, 0.5) is 11.4 Å². The zero-order valence-corrected chi connectivity index (χ0v) is 19.1. The third-order valence-corrected chi connectivity index (χ3v) is 6.58. The Labute approximate surface area is 184 Å². The fourth-order valence-corrected chi connectivity index (χ4v) is 4.00. The number of nitrogens with zero attached hydrogens (tertiary/aromatic N) is 3. The highest BCUT2D eigenvalue weighted by Gasteiger charge is 2.27. The topological polar surface area (TPSA) is 79.4 Å². The number of amides is 1. The molecule has 9 heteroatoms. The minimum absolute atomic E-state index is 0.0722. The van der Waals surface area contributed by atoms with Crippen LogP contribution >= 0.6 is 0 Å². The van der Waals surface area contributed by atoms with Crippen LogP contribution < -0.4 is 18.7 Å². The molecule has 2 aromatic rings. The maximum atomic E-state index is 12.8. The number of carbonyl (C=O) groups excluding carboxylic acids is 1. The second kappa shape index (κ2) is 9.47. The lowest BCUT2D eigenvalue weighted by molar-refractivity contribution is -0.138. The summed E-state index contributed by atoms with van der Waals surface area (Å²) in [5.74, 6) is 1.26. The maximum Gasteiger partial charge on any atom is 0.263 e. The number of carbonyl (C=O) groups is 1. The van der Waals surface area contributed by atoms with Crippen molar-refractivity contribution in [3.8, 4) is 11.5 Å². The van der Waals surface area contributed by atoms with E-state index in [0.717, 1.165) is 17.7 Å². The molecule has 168 valence electrons. The zero-order valence-electron chi connectivity index (χ0n) is 18.3. The molecule has 0 radical (unpaired) electrons. The molecule has 1 atom stereocenters. The molecule has 0 aliphatic carbocycles. The average Bonchev–Trinajstić information content (AvgIpc) is 2.78. The molecule has 0 bridgehead atoms. The Morgan fingerprint density at radius 1 is 1.03 bits per heavy atom. The van der Waals surface area contributed by atoms with Gasteiger partial charge in [-0.15, -0.1) is 0 Å². The number of anilines is 2. The Morgan fingerprint density at radius 3 is 2.23 bits per heavy atom. The number of methoxy groups -OCH3 is 1. The summed E-state index contributed by atoms with van der Waals surface area (Å²) in [6.07, 6.45) is 0.502. The van der Waals surface area contributed by atoms with Crippen LogP contribution in [0.15, 0.2) is 48.5 Å². The van der Waals surface area contributed by atoms with Crippen molar-refractivity contribution in [1.29, 1.82) is 0 Å². The van der Waals surface area contributed by atoms with Gasteiger partial charge in [-0.2, -0.15) is 0 Å². The lowest BCUT2D eigenvalue weighted by atomic mass is 10.2. The van der Waals surface area contributed by atoms with E-state index in [0.29, 0.717) is 37.6 Å². The number of rotatable bonds is 7. The molecule has 0 aromatic heterocycles. The Balaban J connectivity index is 1.56. The van der Waals surface area contributed by atoms with Gasteiger partial charge < -0.3 is 19.3 Å². The summed E-state index contributed by atoms with van der Waals surface area (Å²) >= 11 is 0. The third-order valence-electron chi connectivity index (χ3n) is 5.38. The molecule has 0 saturated carbocycles. The molecule has 1 fully saturated rings. The molecule has 0 N–H and O–H groups in total. The first-order valence-corrected chi connectivity index (χ1v) is 11.9. The molecule has 8 nitrogen and oxygen atoms in total. The lowest BCUT2D eigenvalue weighted by Gasteiger charge is -2.37. The molecule has 31 heavy (non-hydrogen) atoms. The predicted octanol–water partition coefficient (Wildman–Crippen LogP) is 2.21. The lowest BCUT2D eigenvalue weighted by Crippen LogP contribution is -2.52. The average molecular weight is 448 g/mol. The van der Waals surface area contributed by atoms with Gasteiger partial charge in [0.1, 0.15) is 11.5 Å². The molecular weight excluding hydrogens is 418 g/mol. The summed E-state index contributed by atoms with van der Waals surface area (Å²) in [6.45, 7) is 4.35. The molecule has 3 rings (SSSR count). The fourth-order valence-electron chi connectivity index (χ4n) is 3.50. The fraction of sp³-hybridized carbons (Fsp3) is 0.409.